The molecule has 2 heterocycles. The van der Waals surface area contributed by atoms with Gasteiger partial charge in [-0.05, 0) is 29.7 Å². The molecule has 0 saturated heterocycles. The van der Waals surface area contributed by atoms with Crippen molar-refractivity contribution in [2.75, 3.05) is 7.11 Å². The van der Waals surface area contributed by atoms with E-state index in [2.05, 4.69) is 9.97 Å². The maximum atomic E-state index is 5.23. The summed E-state index contributed by atoms with van der Waals surface area (Å²) in [6.07, 6.45) is 5.46. The molecule has 78 valence electrons. The largest absolute Gasteiger partial charge is 0.497 e. The van der Waals surface area contributed by atoms with Crippen molar-refractivity contribution in [1.82, 2.24) is 9.97 Å². The summed E-state index contributed by atoms with van der Waals surface area (Å²) in [5.74, 6) is 0.846. The second-order valence-corrected chi connectivity index (χ2v) is 3.60. The smallest absolute Gasteiger partial charge is 0.119 e. The minimum absolute atomic E-state index is 0.846. The fourth-order valence-corrected chi connectivity index (χ4v) is 1.86. The topological polar surface area (TPSA) is 35.0 Å². The average Bonchev–Trinajstić information content (AvgIpc) is 2.38. The van der Waals surface area contributed by atoms with Gasteiger partial charge in [-0.15, -0.1) is 0 Å². The van der Waals surface area contributed by atoms with Gasteiger partial charge < -0.3 is 4.74 Å². The summed E-state index contributed by atoms with van der Waals surface area (Å²) < 4.78 is 5.23. The molecule has 3 aromatic rings. The van der Waals surface area contributed by atoms with Crippen LogP contribution < -0.4 is 4.74 Å². The molecule has 0 spiro atoms. The first kappa shape index (κ1) is 9.09. The minimum atomic E-state index is 0.846. The van der Waals surface area contributed by atoms with Gasteiger partial charge in [-0.2, -0.15) is 0 Å². The summed E-state index contributed by atoms with van der Waals surface area (Å²) in [7, 11) is 1.67. The van der Waals surface area contributed by atoms with E-state index in [4.69, 9.17) is 4.74 Å². The van der Waals surface area contributed by atoms with E-state index in [1.54, 1.807) is 13.3 Å². The van der Waals surface area contributed by atoms with Gasteiger partial charge in [-0.25, -0.2) is 0 Å². The standard InChI is InChI=1S/C13H10N2O/c1-16-10-2-3-13-12(6-10)11-4-5-14-7-9(11)8-15-13/h2-8H,1H3. The summed E-state index contributed by atoms with van der Waals surface area (Å²) in [4.78, 5) is 8.48. The van der Waals surface area contributed by atoms with Crippen molar-refractivity contribution in [3.05, 3.63) is 42.9 Å². The lowest BCUT2D eigenvalue weighted by molar-refractivity contribution is 0.415. The molecule has 0 aliphatic heterocycles. The Bertz CT molecular complexity index is 664. The van der Waals surface area contributed by atoms with Gasteiger partial charge in [0.15, 0.2) is 0 Å². The van der Waals surface area contributed by atoms with Crippen molar-refractivity contribution < 1.29 is 4.74 Å². The molecule has 0 fully saturated rings. The van der Waals surface area contributed by atoms with Crippen LogP contribution in [-0.2, 0) is 0 Å². The third-order valence-corrected chi connectivity index (χ3v) is 2.69. The molecular weight excluding hydrogens is 200 g/mol. The number of fused-ring (bicyclic) bond motifs is 3. The molecule has 0 unspecified atom stereocenters. The second kappa shape index (κ2) is 3.45. The first-order valence-electron chi connectivity index (χ1n) is 5.05. The lowest BCUT2D eigenvalue weighted by atomic mass is 10.1. The molecule has 3 nitrogen and oxygen atoms in total. The average molecular weight is 210 g/mol. The van der Waals surface area contributed by atoms with Crippen LogP contribution in [0.5, 0.6) is 5.75 Å². The Hall–Kier alpha value is -2.16. The summed E-state index contributed by atoms with van der Waals surface area (Å²) in [6, 6.07) is 7.89. The van der Waals surface area contributed by atoms with Crippen LogP contribution in [0.1, 0.15) is 0 Å². The molecule has 16 heavy (non-hydrogen) atoms. The highest BCUT2D eigenvalue weighted by atomic mass is 16.5. The Kier molecular flexibility index (Phi) is 1.96. The van der Waals surface area contributed by atoms with Gasteiger partial charge in [0.2, 0.25) is 0 Å². The van der Waals surface area contributed by atoms with E-state index >= 15 is 0 Å². The van der Waals surface area contributed by atoms with E-state index in [0.29, 0.717) is 0 Å². The van der Waals surface area contributed by atoms with Gasteiger partial charge in [-0.1, -0.05) is 0 Å². The van der Waals surface area contributed by atoms with Crippen molar-refractivity contribution in [2.24, 2.45) is 0 Å². The Morgan fingerprint density at radius 3 is 2.88 bits per heavy atom. The Balaban J connectivity index is 2.47. The van der Waals surface area contributed by atoms with E-state index < -0.39 is 0 Å². The molecule has 0 bridgehead atoms. The number of benzene rings is 1. The minimum Gasteiger partial charge on any atom is -0.497 e. The normalized spacial score (nSPS) is 10.8. The van der Waals surface area contributed by atoms with Crippen LogP contribution in [-0.4, -0.2) is 17.1 Å². The first-order chi connectivity index (χ1) is 7.88. The molecule has 0 radical (unpaired) electrons. The number of rotatable bonds is 1. The lowest BCUT2D eigenvalue weighted by Gasteiger charge is -2.04. The zero-order chi connectivity index (χ0) is 11.0. The molecular formula is C13H10N2O. The van der Waals surface area contributed by atoms with Gasteiger partial charge in [0.25, 0.3) is 0 Å². The number of ether oxygens (including phenoxy) is 1. The fraction of sp³-hybridized carbons (Fsp3) is 0.0769. The van der Waals surface area contributed by atoms with Crippen molar-refractivity contribution >= 4 is 21.7 Å². The van der Waals surface area contributed by atoms with E-state index in [1.165, 1.54) is 0 Å². The third-order valence-electron chi connectivity index (χ3n) is 2.69. The summed E-state index contributed by atoms with van der Waals surface area (Å²) in [5.41, 5.74) is 0.972. The van der Waals surface area contributed by atoms with Gasteiger partial charge in [0.05, 0.1) is 12.6 Å². The zero-order valence-corrected chi connectivity index (χ0v) is 8.84. The van der Waals surface area contributed by atoms with E-state index in [0.717, 1.165) is 27.4 Å². The zero-order valence-electron chi connectivity index (χ0n) is 8.84. The van der Waals surface area contributed by atoms with E-state index in [9.17, 15) is 0 Å². The Morgan fingerprint density at radius 2 is 2.00 bits per heavy atom. The molecule has 3 heteroatoms. The predicted octanol–water partition coefficient (Wildman–Crippen LogP) is 2.79. The highest BCUT2D eigenvalue weighted by Crippen LogP contribution is 2.26. The van der Waals surface area contributed by atoms with Crippen LogP contribution in [0.4, 0.5) is 0 Å². The summed E-state index contributed by atoms with van der Waals surface area (Å²) >= 11 is 0. The monoisotopic (exact) mass is 210 g/mol. The van der Waals surface area contributed by atoms with Crippen molar-refractivity contribution in [3.63, 3.8) is 0 Å². The van der Waals surface area contributed by atoms with Gasteiger partial charge in [-0.3, -0.25) is 9.97 Å². The third kappa shape index (κ3) is 1.29. The molecule has 0 aliphatic carbocycles. The highest BCUT2D eigenvalue weighted by molar-refractivity contribution is 6.05. The molecule has 1 aromatic carbocycles. The van der Waals surface area contributed by atoms with Crippen LogP contribution in [0.15, 0.2) is 42.9 Å². The molecule has 0 amide bonds. The summed E-state index contributed by atoms with van der Waals surface area (Å²) in [6.45, 7) is 0. The van der Waals surface area contributed by atoms with Crippen LogP contribution in [0.3, 0.4) is 0 Å². The Morgan fingerprint density at radius 1 is 1.06 bits per heavy atom. The molecule has 0 atom stereocenters. The van der Waals surface area contributed by atoms with Gasteiger partial charge in [0, 0.05) is 29.4 Å². The Labute approximate surface area is 92.7 Å². The molecule has 0 saturated carbocycles. The van der Waals surface area contributed by atoms with Crippen LogP contribution in [0, 0.1) is 0 Å². The summed E-state index contributed by atoms with van der Waals surface area (Å²) in [5, 5.41) is 3.29. The number of pyridine rings is 2. The van der Waals surface area contributed by atoms with Crippen molar-refractivity contribution in [2.45, 2.75) is 0 Å². The lowest BCUT2D eigenvalue weighted by Crippen LogP contribution is -1.86. The van der Waals surface area contributed by atoms with Gasteiger partial charge >= 0.3 is 0 Å². The van der Waals surface area contributed by atoms with Crippen LogP contribution in [0.25, 0.3) is 21.7 Å². The quantitative estimate of drug-likeness (QED) is 0.579. The second-order valence-electron chi connectivity index (χ2n) is 3.60. The number of hydrogen-bond donors (Lipinski definition) is 0. The maximum absolute atomic E-state index is 5.23. The fourth-order valence-electron chi connectivity index (χ4n) is 1.86. The molecule has 0 N–H and O–H groups in total. The van der Waals surface area contributed by atoms with E-state index in [-0.39, 0.29) is 0 Å². The molecule has 2 aromatic heterocycles. The molecule has 0 aliphatic rings. The first-order valence-corrected chi connectivity index (χ1v) is 5.05. The van der Waals surface area contributed by atoms with Crippen molar-refractivity contribution in [3.8, 4) is 5.75 Å². The number of methoxy groups -OCH3 is 1. The number of aromatic nitrogens is 2. The number of nitrogens with zero attached hydrogens (tertiary/aromatic N) is 2. The molecule has 3 rings (SSSR count). The van der Waals surface area contributed by atoms with E-state index in [1.807, 2.05) is 36.7 Å². The SMILES string of the molecule is COc1ccc2ncc3cnccc3c2c1. The van der Waals surface area contributed by atoms with Gasteiger partial charge in [0.1, 0.15) is 5.75 Å². The van der Waals surface area contributed by atoms with Crippen molar-refractivity contribution in [1.29, 1.82) is 0 Å². The number of hydrogen-bond acceptors (Lipinski definition) is 3. The maximum Gasteiger partial charge on any atom is 0.119 e. The van der Waals surface area contributed by atoms with Crippen LogP contribution in [0.2, 0.25) is 0 Å². The highest BCUT2D eigenvalue weighted by Gasteiger charge is 2.02. The van der Waals surface area contributed by atoms with Crippen LogP contribution >= 0.6 is 0 Å². The predicted molar refractivity (Wildman–Crippen MR) is 63.6 cm³/mol.